The highest BCUT2D eigenvalue weighted by Gasteiger charge is 2.30. The molecular weight excluding hydrogens is 388 g/mol. The molecule has 3 rings (SSSR count). The number of aryl methyl sites for hydroxylation is 2. The molecule has 1 aromatic carbocycles. The van der Waals surface area contributed by atoms with Crippen LogP contribution >= 0.6 is 35.3 Å². The van der Waals surface area contributed by atoms with Crippen molar-refractivity contribution in [1.82, 2.24) is 9.78 Å². The van der Waals surface area contributed by atoms with Gasteiger partial charge in [-0.25, -0.2) is 0 Å². The molecule has 2 aromatic rings. The van der Waals surface area contributed by atoms with Gasteiger partial charge >= 0.3 is 5.97 Å². The second-order valence-corrected chi connectivity index (χ2v) is 9.29. The lowest BCUT2D eigenvalue weighted by atomic mass is 10.1. The molecule has 1 unspecified atom stereocenters. The van der Waals surface area contributed by atoms with Crippen molar-refractivity contribution in [2.24, 2.45) is 0 Å². The average molecular weight is 412 g/mol. The molecule has 140 valence electrons. The number of nitrogens with one attached hydrogen (secondary N) is 2. The van der Waals surface area contributed by atoms with E-state index in [2.05, 4.69) is 42.5 Å². The minimum absolute atomic E-state index is 0.107. The zero-order chi connectivity index (χ0) is 18.7. The van der Waals surface area contributed by atoms with Crippen LogP contribution in [0.5, 0.6) is 0 Å². The number of ether oxygens (including phenoxy) is 1. The number of carbonyl (C=O) groups is 1. The molecule has 0 amide bonds. The van der Waals surface area contributed by atoms with Gasteiger partial charge in [-0.3, -0.25) is 4.79 Å². The minimum Gasteiger partial charge on any atom is -0.468 e. The number of hydrogen-bond donors (Lipinski definition) is 2. The van der Waals surface area contributed by atoms with E-state index in [0.717, 1.165) is 33.6 Å². The maximum Gasteiger partial charge on any atom is 0.324 e. The zero-order valence-corrected chi connectivity index (χ0v) is 17.5. The monoisotopic (exact) mass is 411 g/mol. The summed E-state index contributed by atoms with van der Waals surface area (Å²) >= 11 is 8.61. The normalized spacial score (nSPS) is 20.0. The van der Waals surface area contributed by atoms with Crippen LogP contribution in [0.2, 0.25) is 0 Å². The van der Waals surface area contributed by atoms with Crippen molar-refractivity contribution in [2.45, 2.75) is 25.8 Å². The van der Waals surface area contributed by atoms with Crippen LogP contribution in [0.4, 0.5) is 10.8 Å². The summed E-state index contributed by atoms with van der Waals surface area (Å²) in [6, 6.07) is 6.28. The fourth-order valence-corrected chi connectivity index (χ4v) is 5.23. The third-order valence-electron chi connectivity index (χ3n) is 4.32. The lowest BCUT2D eigenvalue weighted by Gasteiger charge is -2.27. The molecule has 1 aliphatic heterocycles. The number of esters is 1. The van der Waals surface area contributed by atoms with Gasteiger partial charge in [0.1, 0.15) is 6.54 Å². The van der Waals surface area contributed by atoms with E-state index in [-0.39, 0.29) is 11.2 Å². The van der Waals surface area contributed by atoms with E-state index in [1.807, 2.05) is 4.68 Å². The third kappa shape index (κ3) is 4.64. The predicted octanol–water partition coefficient (Wildman–Crippen LogP) is 2.17. The highest BCUT2D eigenvalue weighted by Crippen LogP contribution is 2.23. The molecule has 2 atom stereocenters. The first-order chi connectivity index (χ1) is 12.5. The Labute approximate surface area is 166 Å². The first-order valence-corrected chi connectivity index (χ1v) is 10.7. The van der Waals surface area contributed by atoms with Crippen molar-refractivity contribution in [3.05, 3.63) is 33.3 Å². The lowest BCUT2D eigenvalue weighted by Crippen LogP contribution is -3.14. The van der Waals surface area contributed by atoms with E-state index in [4.69, 9.17) is 17.0 Å². The Morgan fingerprint density at radius 1 is 1.50 bits per heavy atom. The Morgan fingerprint density at radius 3 is 3.04 bits per heavy atom. The summed E-state index contributed by atoms with van der Waals surface area (Å²) in [4.78, 5) is 13.1. The fourth-order valence-electron chi connectivity index (χ4n) is 2.93. The van der Waals surface area contributed by atoms with E-state index in [9.17, 15) is 4.79 Å². The standard InChI is InChI=1S/C17H22N4O2S3/c1-11-4-5-13(12(2)8-11)18-16-19-21(17(24)26-16)10-20-6-7-25-14(9-20)15(22)23-3/h4-5,8,14H,6-7,9-10H2,1-3H3,(H,18,19)/p+1/t14-/m1/s1. The summed E-state index contributed by atoms with van der Waals surface area (Å²) in [5, 5.41) is 8.68. The summed E-state index contributed by atoms with van der Waals surface area (Å²) in [7, 11) is 1.44. The Hall–Kier alpha value is -1.42. The number of nitrogens with zero attached hydrogens (tertiary/aromatic N) is 2. The molecule has 0 saturated carbocycles. The molecule has 2 heterocycles. The zero-order valence-electron chi connectivity index (χ0n) is 15.1. The van der Waals surface area contributed by atoms with Crippen molar-refractivity contribution in [3.63, 3.8) is 0 Å². The van der Waals surface area contributed by atoms with E-state index >= 15 is 0 Å². The molecule has 0 aliphatic carbocycles. The minimum atomic E-state index is -0.147. The predicted molar refractivity (Wildman–Crippen MR) is 109 cm³/mol. The number of rotatable bonds is 5. The average Bonchev–Trinajstić information content (AvgIpc) is 2.96. The van der Waals surface area contributed by atoms with Gasteiger partial charge in [0, 0.05) is 11.4 Å². The molecule has 1 aromatic heterocycles. The van der Waals surface area contributed by atoms with E-state index in [0.29, 0.717) is 6.67 Å². The first-order valence-electron chi connectivity index (χ1n) is 8.41. The molecule has 9 heteroatoms. The molecule has 6 nitrogen and oxygen atoms in total. The summed E-state index contributed by atoms with van der Waals surface area (Å²) in [5.41, 5.74) is 3.45. The van der Waals surface area contributed by atoms with Gasteiger partial charge in [-0.15, -0.1) is 16.9 Å². The number of carbonyl (C=O) groups excluding carboxylic acids is 1. The highest BCUT2D eigenvalue weighted by atomic mass is 32.2. The summed E-state index contributed by atoms with van der Waals surface area (Å²) in [5.74, 6) is 0.784. The van der Waals surface area contributed by atoms with Crippen molar-refractivity contribution in [3.8, 4) is 0 Å². The number of aromatic nitrogens is 2. The number of thioether (sulfide) groups is 1. The van der Waals surface area contributed by atoms with Crippen molar-refractivity contribution >= 4 is 52.1 Å². The van der Waals surface area contributed by atoms with E-state index in [1.54, 1.807) is 11.8 Å². The van der Waals surface area contributed by atoms with Crippen molar-refractivity contribution in [2.75, 3.05) is 31.3 Å². The van der Waals surface area contributed by atoms with Gasteiger partial charge in [0.15, 0.2) is 15.9 Å². The molecule has 1 aliphatic rings. The second kappa shape index (κ2) is 8.51. The van der Waals surface area contributed by atoms with Crippen LogP contribution in [-0.2, 0) is 16.2 Å². The summed E-state index contributed by atoms with van der Waals surface area (Å²) in [6.07, 6.45) is 0. The van der Waals surface area contributed by atoms with Gasteiger partial charge in [0.25, 0.3) is 0 Å². The first kappa shape index (κ1) is 19.3. The highest BCUT2D eigenvalue weighted by molar-refractivity contribution is 8.00. The van der Waals surface area contributed by atoms with Gasteiger partial charge in [-0.2, -0.15) is 4.68 Å². The van der Waals surface area contributed by atoms with Gasteiger partial charge in [0.2, 0.25) is 5.13 Å². The molecule has 26 heavy (non-hydrogen) atoms. The Balaban J connectivity index is 1.68. The summed E-state index contributed by atoms with van der Waals surface area (Å²) in [6.45, 7) is 6.54. The van der Waals surface area contributed by atoms with Crippen LogP contribution in [0.25, 0.3) is 0 Å². The van der Waals surface area contributed by atoms with Gasteiger partial charge < -0.3 is 15.0 Å². The molecular formula is C17H23N4O2S3+. The third-order valence-corrected chi connectivity index (χ3v) is 6.74. The van der Waals surface area contributed by atoms with Crippen molar-refractivity contribution in [1.29, 1.82) is 0 Å². The topological polar surface area (TPSA) is 60.6 Å². The SMILES string of the molecule is COC(=O)[C@H]1C[NH+](Cn2nc(Nc3ccc(C)cc3C)sc2=S)CCS1. The second-order valence-electron chi connectivity index (χ2n) is 6.36. The van der Waals surface area contributed by atoms with Crippen LogP contribution in [-0.4, -0.2) is 47.0 Å². The Bertz CT molecular complexity index is 849. The fraction of sp³-hybridized carbons (Fsp3) is 0.471. The maximum absolute atomic E-state index is 11.8. The van der Waals surface area contributed by atoms with Crippen molar-refractivity contribution < 1.29 is 14.4 Å². The van der Waals surface area contributed by atoms with Crippen LogP contribution < -0.4 is 10.2 Å². The molecule has 0 bridgehead atoms. The molecule has 2 N–H and O–H groups in total. The number of benzene rings is 1. The molecule has 0 spiro atoms. The molecule has 0 radical (unpaired) electrons. The van der Waals surface area contributed by atoms with Crippen LogP contribution in [0.3, 0.4) is 0 Å². The number of quaternary nitrogens is 1. The molecule has 1 saturated heterocycles. The van der Waals surface area contributed by atoms with Gasteiger partial charge in [-0.05, 0) is 37.7 Å². The number of anilines is 2. The van der Waals surface area contributed by atoms with E-state index < -0.39 is 0 Å². The molecule has 1 fully saturated rings. The smallest absolute Gasteiger partial charge is 0.324 e. The lowest BCUT2D eigenvalue weighted by molar-refractivity contribution is -0.921. The largest absolute Gasteiger partial charge is 0.468 e. The van der Waals surface area contributed by atoms with Crippen LogP contribution in [0.1, 0.15) is 11.1 Å². The van der Waals surface area contributed by atoms with E-state index in [1.165, 1.54) is 34.5 Å². The number of methoxy groups -OCH3 is 1. The van der Waals surface area contributed by atoms with Crippen LogP contribution in [0, 0.1) is 17.8 Å². The Morgan fingerprint density at radius 2 is 2.31 bits per heavy atom. The van der Waals surface area contributed by atoms with Gasteiger partial charge in [0.05, 0.1) is 13.7 Å². The quantitative estimate of drug-likeness (QED) is 0.581. The number of hydrogen-bond acceptors (Lipinski definition) is 7. The van der Waals surface area contributed by atoms with Gasteiger partial charge in [-0.1, -0.05) is 29.0 Å². The maximum atomic E-state index is 11.8. The van der Waals surface area contributed by atoms with Crippen LogP contribution in [0.15, 0.2) is 18.2 Å². The summed E-state index contributed by atoms with van der Waals surface area (Å²) < 4.78 is 7.46. The Kier molecular flexibility index (Phi) is 6.33.